The lowest BCUT2D eigenvalue weighted by molar-refractivity contribution is -0.122. The van der Waals surface area contributed by atoms with Crippen molar-refractivity contribution in [1.82, 2.24) is 0 Å². The Morgan fingerprint density at radius 1 is 0.571 bits per heavy atom. The Labute approximate surface area is 174 Å². The molecule has 1 atom stereocenters. The summed E-state index contributed by atoms with van der Waals surface area (Å²) in [6.07, 6.45) is 23.6. The SMILES string of the molecule is CCCCCCCCCCCCC(CCCCCCCCCC(N)=O)C(N)=O. The molecule has 2 amide bonds. The van der Waals surface area contributed by atoms with Gasteiger partial charge in [-0.1, -0.05) is 110 Å². The van der Waals surface area contributed by atoms with Crippen LogP contribution in [0.1, 0.15) is 135 Å². The van der Waals surface area contributed by atoms with Crippen molar-refractivity contribution in [3.05, 3.63) is 0 Å². The van der Waals surface area contributed by atoms with Gasteiger partial charge in [-0.2, -0.15) is 0 Å². The third kappa shape index (κ3) is 19.7. The first kappa shape index (κ1) is 26.9. The highest BCUT2D eigenvalue weighted by Crippen LogP contribution is 2.19. The number of nitrogens with two attached hydrogens (primary N) is 2. The molecule has 0 heterocycles. The van der Waals surface area contributed by atoms with E-state index in [9.17, 15) is 9.59 Å². The largest absolute Gasteiger partial charge is 0.370 e. The summed E-state index contributed by atoms with van der Waals surface area (Å²) in [5, 5.41) is 0. The van der Waals surface area contributed by atoms with Crippen molar-refractivity contribution in [2.24, 2.45) is 17.4 Å². The molecule has 0 spiro atoms. The van der Waals surface area contributed by atoms with Crippen LogP contribution >= 0.6 is 0 Å². The predicted molar refractivity (Wildman–Crippen MR) is 120 cm³/mol. The van der Waals surface area contributed by atoms with E-state index < -0.39 is 0 Å². The van der Waals surface area contributed by atoms with Crippen LogP contribution in [0.5, 0.6) is 0 Å². The molecule has 0 aromatic heterocycles. The Morgan fingerprint density at radius 2 is 0.929 bits per heavy atom. The number of hydrogen-bond acceptors (Lipinski definition) is 2. The number of primary amides is 2. The molecule has 0 aliphatic rings. The lowest BCUT2D eigenvalue weighted by atomic mass is 9.93. The van der Waals surface area contributed by atoms with Gasteiger partial charge in [-0.05, 0) is 19.3 Å². The van der Waals surface area contributed by atoms with E-state index in [0.717, 1.165) is 38.5 Å². The molecular weight excluding hydrogens is 348 g/mol. The van der Waals surface area contributed by atoms with Crippen LogP contribution in [0.4, 0.5) is 0 Å². The van der Waals surface area contributed by atoms with Gasteiger partial charge in [0, 0.05) is 12.3 Å². The molecule has 0 rings (SSSR count). The molecule has 4 heteroatoms. The van der Waals surface area contributed by atoms with Gasteiger partial charge < -0.3 is 11.5 Å². The van der Waals surface area contributed by atoms with E-state index in [0.29, 0.717) is 6.42 Å². The molecule has 1 unspecified atom stereocenters. The zero-order chi connectivity index (χ0) is 20.9. The van der Waals surface area contributed by atoms with Crippen LogP contribution in [0.25, 0.3) is 0 Å². The van der Waals surface area contributed by atoms with Gasteiger partial charge in [0.25, 0.3) is 0 Å². The Hall–Kier alpha value is -1.06. The summed E-state index contributed by atoms with van der Waals surface area (Å²) < 4.78 is 0. The number of amides is 2. The normalized spacial score (nSPS) is 12.2. The van der Waals surface area contributed by atoms with Crippen molar-refractivity contribution in [1.29, 1.82) is 0 Å². The zero-order valence-corrected chi connectivity index (χ0v) is 18.7. The van der Waals surface area contributed by atoms with Gasteiger partial charge in [0.05, 0.1) is 0 Å². The maximum atomic E-state index is 11.7. The molecule has 0 bridgehead atoms. The number of carbonyl (C=O) groups excluding carboxylic acids is 2. The fraction of sp³-hybridized carbons (Fsp3) is 0.917. The van der Waals surface area contributed by atoms with Crippen molar-refractivity contribution in [3.8, 4) is 0 Å². The molecule has 0 saturated heterocycles. The van der Waals surface area contributed by atoms with Crippen molar-refractivity contribution in [2.45, 2.75) is 135 Å². The van der Waals surface area contributed by atoms with Crippen LogP contribution in [-0.2, 0) is 9.59 Å². The van der Waals surface area contributed by atoms with E-state index in [-0.39, 0.29) is 17.7 Å². The summed E-state index contributed by atoms with van der Waals surface area (Å²) >= 11 is 0. The lowest BCUT2D eigenvalue weighted by Gasteiger charge is -2.13. The van der Waals surface area contributed by atoms with Crippen LogP contribution in [0.2, 0.25) is 0 Å². The van der Waals surface area contributed by atoms with E-state index in [2.05, 4.69) is 6.92 Å². The van der Waals surface area contributed by atoms with E-state index >= 15 is 0 Å². The summed E-state index contributed by atoms with van der Waals surface area (Å²) in [6.45, 7) is 2.26. The number of unbranched alkanes of at least 4 members (excludes halogenated alkanes) is 15. The average Bonchev–Trinajstić information content (AvgIpc) is 2.65. The maximum Gasteiger partial charge on any atom is 0.220 e. The minimum Gasteiger partial charge on any atom is -0.370 e. The first-order valence-electron chi connectivity index (χ1n) is 12.2. The van der Waals surface area contributed by atoms with Gasteiger partial charge in [0.1, 0.15) is 0 Å². The maximum absolute atomic E-state index is 11.7. The molecule has 0 aromatic carbocycles. The lowest BCUT2D eigenvalue weighted by Crippen LogP contribution is -2.23. The molecule has 4 nitrogen and oxygen atoms in total. The third-order valence-electron chi connectivity index (χ3n) is 5.78. The van der Waals surface area contributed by atoms with E-state index in [1.165, 1.54) is 83.5 Å². The van der Waals surface area contributed by atoms with Crippen LogP contribution in [0, 0.1) is 5.92 Å². The second-order valence-electron chi connectivity index (χ2n) is 8.55. The van der Waals surface area contributed by atoms with Gasteiger partial charge >= 0.3 is 0 Å². The van der Waals surface area contributed by atoms with E-state index in [1.807, 2.05) is 0 Å². The highest BCUT2D eigenvalue weighted by Gasteiger charge is 2.14. The molecule has 166 valence electrons. The highest BCUT2D eigenvalue weighted by molar-refractivity contribution is 5.76. The summed E-state index contributed by atoms with van der Waals surface area (Å²) in [5.74, 6) is -0.230. The average molecular weight is 397 g/mol. The Bertz CT molecular complexity index is 372. The van der Waals surface area contributed by atoms with Gasteiger partial charge in [0.15, 0.2) is 0 Å². The number of carbonyl (C=O) groups is 2. The summed E-state index contributed by atoms with van der Waals surface area (Å²) in [5.41, 5.74) is 10.7. The van der Waals surface area contributed by atoms with Crippen molar-refractivity contribution >= 4 is 11.8 Å². The Kier molecular flexibility index (Phi) is 19.9. The molecule has 0 aromatic rings. The molecular formula is C24H48N2O2. The van der Waals surface area contributed by atoms with Gasteiger partial charge in [-0.3, -0.25) is 9.59 Å². The summed E-state index contributed by atoms with van der Waals surface area (Å²) in [4.78, 5) is 22.3. The molecule has 0 saturated carbocycles. The Balaban J connectivity index is 3.48. The summed E-state index contributed by atoms with van der Waals surface area (Å²) in [6, 6.07) is 0. The highest BCUT2D eigenvalue weighted by atomic mass is 16.1. The molecule has 28 heavy (non-hydrogen) atoms. The minimum absolute atomic E-state index is 0.0737. The molecule has 4 N–H and O–H groups in total. The number of rotatable bonds is 22. The minimum atomic E-state index is -0.195. The van der Waals surface area contributed by atoms with Crippen LogP contribution in [0.3, 0.4) is 0 Å². The van der Waals surface area contributed by atoms with Crippen LogP contribution < -0.4 is 11.5 Å². The molecule has 0 radical (unpaired) electrons. The standard InChI is InChI=1S/C24H48N2O2/c1-2-3-4-5-6-7-8-10-13-16-19-22(24(26)28)20-17-14-11-9-12-15-18-21-23(25)27/h22H,2-21H2,1H3,(H2,25,27)(H2,26,28). The van der Waals surface area contributed by atoms with Crippen molar-refractivity contribution in [3.63, 3.8) is 0 Å². The fourth-order valence-corrected chi connectivity index (χ4v) is 3.88. The van der Waals surface area contributed by atoms with E-state index in [1.54, 1.807) is 0 Å². The quantitative estimate of drug-likeness (QED) is 0.208. The molecule has 0 aliphatic heterocycles. The van der Waals surface area contributed by atoms with Crippen LogP contribution in [0.15, 0.2) is 0 Å². The third-order valence-corrected chi connectivity index (χ3v) is 5.78. The first-order valence-corrected chi connectivity index (χ1v) is 12.2. The van der Waals surface area contributed by atoms with E-state index in [4.69, 9.17) is 11.5 Å². The second kappa shape index (κ2) is 20.7. The fourth-order valence-electron chi connectivity index (χ4n) is 3.88. The van der Waals surface area contributed by atoms with Crippen molar-refractivity contribution in [2.75, 3.05) is 0 Å². The van der Waals surface area contributed by atoms with Crippen LogP contribution in [-0.4, -0.2) is 11.8 Å². The van der Waals surface area contributed by atoms with Gasteiger partial charge in [0.2, 0.25) is 11.8 Å². The summed E-state index contributed by atoms with van der Waals surface area (Å²) in [7, 11) is 0. The Morgan fingerprint density at radius 3 is 1.29 bits per heavy atom. The first-order chi connectivity index (χ1) is 13.6. The number of hydrogen-bond donors (Lipinski definition) is 2. The van der Waals surface area contributed by atoms with Gasteiger partial charge in [-0.25, -0.2) is 0 Å². The monoisotopic (exact) mass is 396 g/mol. The topological polar surface area (TPSA) is 86.2 Å². The van der Waals surface area contributed by atoms with Crippen molar-refractivity contribution < 1.29 is 9.59 Å². The van der Waals surface area contributed by atoms with Gasteiger partial charge in [-0.15, -0.1) is 0 Å². The zero-order valence-electron chi connectivity index (χ0n) is 18.7. The smallest absolute Gasteiger partial charge is 0.220 e. The molecule has 0 fully saturated rings. The molecule has 0 aliphatic carbocycles. The predicted octanol–water partition coefficient (Wildman–Crippen LogP) is 6.40. The second-order valence-corrected chi connectivity index (χ2v) is 8.55.